The highest BCUT2D eigenvalue weighted by Crippen LogP contribution is 2.46. The Morgan fingerprint density at radius 2 is 1.92 bits per heavy atom. The van der Waals surface area contributed by atoms with E-state index in [0.717, 1.165) is 42.4 Å². The topological polar surface area (TPSA) is 99.3 Å². The molecule has 202 valence electrons. The second kappa shape index (κ2) is 12.3. The third-order valence-electron chi connectivity index (χ3n) is 7.72. The molecule has 9 heteroatoms. The first-order valence-electron chi connectivity index (χ1n) is 13.0. The van der Waals surface area contributed by atoms with Crippen LogP contribution in [-0.4, -0.2) is 78.1 Å². The summed E-state index contributed by atoms with van der Waals surface area (Å²) in [5.74, 6) is -0.203. The zero-order valence-electron chi connectivity index (χ0n) is 21.3. The number of aliphatic hydroxyl groups excluding tert-OH is 1. The maximum atomic E-state index is 13.3. The van der Waals surface area contributed by atoms with E-state index in [-0.39, 0.29) is 18.5 Å². The molecule has 4 unspecified atom stereocenters. The molecule has 2 aromatic carbocycles. The Labute approximate surface area is 229 Å². The minimum absolute atomic E-state index is 0.139. The molecular formula is C28H37Cl2N3O4. The van der Waals surface area contributed by atoms with Gasteiger partial charge in [0.15, 0.2) is 0 Å². The number of carbonyl (C=O) groups excluding carboxylic acids is 1. The third-order valence-corrected chi connectivity index (χ3v) is 8.27. The average Bonchev–Trinajstić information content (AvgIpc) is 3.23. The largest absolute Gasteiger partial charge is 0.390 e. The Bertz CT molecular complexity index is 1080. The monoisotopic (exact) mass is 549 g/mol. The van der Waals surface area contributed by atoms with Gasteiger partial charge in [-0.2, -0.15) is 0 Å². The lowest BCUT2D eigenvalue weighted by Crippen LogP contribution is -2.52. The van der Waals surface area contributed by atoms with Gasteiger partial charge in [0, 0.05) is 67.5 Å². The number of nitrogens with zero attached hydrogens (tertiary/aromatic N) is 2. The Kier molecular flexibility index (Phi) is 9.38. The Morgan fingerprint density at radius 3 is 2.62 bits per heavy atom. The van der Waals surface area contributed by atoms with Gasteiger partial charge >= 0.3 is 6.03 Å². The van der Waals surface area contributed by atoms with Crippen molar-refractivity contribution < 1.29 is 19.7 Å². The zero-order valence-corrected chi connectivity index (χ0v) is 22.8. The fraction of sp³-hybridized carbons (Fsp3) is 0.536. The van der Waals surface area contributed by atoms with Gasteiger partial charge in [0.2, 0.25) is 0 Å². The van der Waals surface area contributed by atoms with Gasteiger partial charge < -0.3 is 30.5 Å². The molecule has 4 atom stereocenters. The molecule has 0 saturated carbocycles. The van der Waals surface area contributed by atoms with E-state index in [1.54, 1.807) is 16.9 Å². The number of piperidine rings is 1. The van der Waals surface area contributed by atoms with Gasteiger partial charge in [-0.15, -0.1) is 0 Å². The summed E-state index contributed by atoms with van der Waals surface area (Å²) in [6.07, 6.45) is 2.90. The molecule has 2 aromatic rings. The van der Waals surface area contributed by atoms with Crippen LogP contribution in [0.3, 0.4) is 0 Å². The molecule has 37 heavy (non-hydrogen) atoms. The summed E-state index contributed by atoms with van der Waals surface area (Å²) in [5, 5.41) is 23.7. The number of unbranched alkanes of at least 4 members (excludes halogenated alkanes) is 1. The Hall–Kier alpha value is -1.87. The third kappa shape index (κ3) is 6.24. The van der Waals surface area contributed by atoms with Gasteiger partial charge in [-0.3, -0.25) is 0 Å². The highest BCUT2D eigenvalue weighted by molar-refractivity contribution is 6.34. The number of amides is 2. The molecule has 4 rings (SSSR count). The van der Waals surface area contributed by atoms with Crippen LogP contribution in [0.2, 0.25) is 10.0 Å². The molecule has 2 heterocycles. The van der Waals surface area contributed by atoms with Crippen molar-refractivity contribution in [1.29, 1.82) is 0 Å². The quantitative estimate of drug-likeness (QED) is 0.421. The highest BCUT2D eigenvalue weighted by Gasteiger charge is 2.44. The number of urea groups is 1. The molecular weight excluding hydrogens is 513 g/mol. The minimum atomic E-state index is -1.23. The van der Waals surface area contributed by atoms with E-state index < -0.39 is 17.7 Å². The van der Waals surface area contributed by atoms with Crippen molar-refractivity contribution in [2.75, 3.05) is 39.9 Å². The van der Waals surface area contributed by atoms with Crippen molar-refractivity contribution in [3.8, 4) is 11.1 Å². The summed E-state index contributed by atoms with van der Waals surface area (Å²) in [6, 6.07) is 12.5. The van der Waals surface area contributed by atoms with Crippen LogP contribution in [0, 0.1) is 5.92 Å². The number of methoxy groups -OCH3 is 1. The van der Waals surface area contributed by atoms with Gasteiger partial charge in [-0.05, 0) is 61.4 Å². The van der Waals surface area contributed by atoms with Crippen LogP contribution in [0.4, 0.5) is 4.79 Å². The summed E-state index contributed by atoms with van der Waals surface area (Å²) in [6.45, 7) is 2.18. The van der Waals surface area contributed by atoms with Gasteiger partial charge in [0.25, 0.3) is 0 Å². The number of β-amino-alcohol motifs (C(OH)–C–C–N with tert-alkyl or cyclic N) is 1. The summed E-state index contributed by atoms with van der Waals surface area (Å²) in [7, 11) is 1.67. The van der Waals surface area contributed by atoms with Crippen LogP contribution in [-0.2, 0) is 10.3 Å². The van der Waals surface area contributed by atoms with Crippen LogP contribution >= 0.6 is 23.2 Å². The van der Waals surface area contributed by atoms with Crippen LogP contribution in [0.5, 0.6) is 0 Å². The molecule has 0 bridgehead atoms. The number of aliphatic hydroxyl groups is 2. The SMILES string of the molecule is COCCCCC(O)(c1cccc(Cl)c1-c1cccc(Cl)c1)C1CCCN(C(=O)N2CC(N)C(O)C2)C1. The normalized spacial score (nSPS) is 23.8. The number of carbonyl (C=O) groups is 1. The van der Waals surface area contributed by atoms with Crippen molar-refractivity contribution in [2.24, 2.45) is 11.7 Å². The van der Waals surface area contributed by atoms with Gasteiger partial charge in [0.05, 0.1) is 11.7 Å². The predicted molar refractivity (Wildman–Crippen MR) is 147 cm³/mol. The van der Waals surface area contributed by atoms with Crippen molar-refractivity contribution in [3.63, 3.8) is 0 Å². The van der Waals surface area contributed by atoms with Crippen LogP contribution in [0.25, 0.3) is 11.1 Å². The van der Waals surface area contributed by atoms with E-state index in [9.17, 15) is 15.0 Å². The smallest absolute Gasteiger partial charge is 0.320 e. The van der Waals surface area contributed by atoms with Crippen LogP contribution in [0.15, 0.2) is 42.5 Å². The maximum absolute atomic E-state index is 13.3. The first-order chi connectivity index (χ1) is 17.7. The Balaban J connectivity index is 1.68. The summed E-state index contributed by atoms with van der Waals surface area (Å²) < 4.78 is 5.25. The molecule has 2 amide bonds. The van der Waals surface area contributed by atoms with Gasteiger partial charge in [0.1, 0.15) is 0 Å². The number of nitrogens with two attached hydrogens (primary N) is 1. The number of ether oxygens (including phenoxy) is 1. The predicted octanol–water partition coefficient (Wildman–Crippen LogP) is 4.50. The molecule has 0 aromatic heterocycles. The summed E-state index contributed by atoms with van der Waals surface area (Å²) in [5.41, 5.74) is 7.07. The fourth-order valence-electron chi connectivity index (χ4n) is 5.73. The van der Waals surface area contributed by atoms with E-state index in [0.29, 0.717) is 42.7 Å². The van der Waals surface area contributed by atoms with E-state index in [1.807, 2.05) is 42.5 Å². The summed E-state index contributed by atoms with van der Waals surface area (Å²) >= 11 is 13.1. The van der Waals surface area contributed by atoms with Crippen molar-refractivity contribution in [2.45, 2.75) is 49.9 Å². The number of halogens is 2. The second-order valence-corrected chi connectivity index (χ2v) is 11.1. The number of rotatable bonds is 8. The van der Waals surface area contributed by atoms with E-state index >= 15 is 0 Å². The number of hydrogen-bond acceptors (Lipinski definition) is 5. The van der Waals surface area contributed by atoms with Crippen LogP contribution < -0.4 is 5.73 Å². The molecule has 2 fully saturated rings. The summed E-state index contributed by atoms with van der Waals surface area (Å²) in [4.78, 5) is 16.7. The first-order valence-corrected chi connectivity index (χ1v) is 13.7. The fourth-order valence-corrected chi connectivity index (χ4v) is 6.20. The molecule has 0 spiro atoms. The number of benzene rings is 2. The minimum Gasteiger partial charge on any atom is -0.390 e. The molecule has 2 aliphatic rings. The standard InChI is InChI=1S/C28H37Cl2N3O4/c1-37-14-3-2-12-28(36,22-10-5-11-23(30)26(22)19-7-4-9-21(29)15-19)20-8-6-13-32(16-20)27(35)33-17-24(31)25(34)18-33/h4-5,7,9-11,15,20,24-25,34,36H,2-3,6,8,12-14,16-18,31H2,1H3. The second-order valence-electron chi connectivity index (χ2n) is 10.3. The molecule has 7 nitrogen and oxygen atoms in total. The van der Waals surface area contributed by atoms with Crippen molar-refractivity contribution in [3.05, 3.63) is 58.1 Å². The highest BCUT2D eigenvalue weighted by atomic mass is 35.5. The molecule has 0 radical (unpaired) electrons. The lowest BCUT2D eigenvalue weighted by atomic mass is 9.72. The average molecular weight is 551 g/mol. The molecule has 2 saturated heterocycles. The Morgan fingerprint density at radius 1 is 1.14 bits per heavy atom. The molecule has 0 aliphatic carbocycles. The molecule has 2 aliphatic heterocycles. The lowest BCUT2D eigenvalue weighted by Gasteiger charge is -2.44. The first kappa shape index (κ1) is 28.1. The number of hydrogen-bond donors (Lipinski definition) is 3. The van der Waals surface area contributed by atoms with Gasteiger partial charge in [-0.1, -0.05) is 47.5 Å². The lowest BCUT2D eigenvalue weighted by molar-refractivity contribution is -0.0571. The number of likely N-dealkylation sites (tertiary alicyclic amines) is 2. The van der Waals surface area contributed by atoms with Crippen molar-refractivity contribution >= 4 is 29.2 Å². The molecule has 4 N–H and O–H groups in total. The van der Waals surface area contributed by atoms with Crippen LogP contribution in [0.1, 0.15) is 37.7 Å². The van der Waals surface area contributed by atoms with E-state index in [2.05, 4.69) is 0 Å². The van der Waals surface area contributed by atoms with E-state index in [4.69, 9.17) is 33.7 Å². The maximum Gasteiger partial charge on any atom is 0.320 e. The van der Waals surface area contributed by atoms with E-state index in [1.165, 1.54) is 0 Å². The van der Waals surface area contributed by atoms with Gasteiger partial charge in [-0.25, -0.2) is 4.79 Å². The zero-order chi connectivity index (χ0) is 26.6. The van der Waals surface area contributed by atoms with Crippen molar-refractivity contribution in [1.82, 2.24) is 9.80 Å².